The largest absolute Gasteiger partial charge is 1.00 e. The van der Waals surface area contributed by atoms with Crippen LogP contribution in [0.1, 0.15) is 21.5 Å². The standard InChI is InChI=1S/C31H25N2O2.HI/c1-32-26-18-10-8-16-24(26)28(31(34)35-21-23-14-6-3-7-15-23)30-29(32)25-17-9-11-19-27(25)33(30)20-22-12-4-2-5-13-22;/h2-19H,20-21H2,1H3;1H/q+1;/p-1. The first-order chi connectivity index (χ1) is 17.2. The van der Waals surface area contributed by atoms with Gasteiger partial charge in [-0.1, -0.05) is 84.9 Å². The second-order valence-corrected chi connectivity index (χ2v) is 8.80. The number of hydrogen-bond acceptors (Lipinski definition) is 2. The molecule has 0 amide bonds. The van der Waals surface area contributed by atoms with Gasteiger partial charge in [0.2, 0.25) is 11.0 Å². The van der Waals surface area contributed by atoms with Crippen LogP contribution < -0.4 is 28.5 Å². The summed E-state index contributed by atoms with van der Waals surface area (Å²) >= 11 is 0. The summed E-state index contributed by atoms with van der Waals surface area (Å²) < 4.78 is 10.4. The first-order valence-corrected chi connectivity index (χ1v) is 11.8. The number of aromatic nitrogens is 2. The van der Waals surface area contributed by atoms with E-state index in [-0.39, 0.29) is 36.6 Å². The molecule has 6 aromatic rings. The maximum atomic E-state index is 13.8. The molecule has 0 saturated carbocycles. The van der Waals surface area contributed by atoms with Gasteiger partial charge in [-0.3, -0.25) is 0 Å². The van der Waals surface area contributed by atoms with Gasteiger partial charge in [-0.15, -0.1) is 0 Å². The minimum Gasteiger partial charge on any atom is -1.00 e. The number of para-hydroxylation sites is 2. The Kier molecular flexibility index (Phi) is 6.74. The summed E-state index contributed by atoms with van der Waals surface area (Å²) in [4.78, 5) is 13.8. The van der Waals surface area contributed by atoms with Gasteiger partial charge >= 0.3 is 5.97 Å². The fourth-order valence-electron chi connectivity index (χ4n) is 5.04. The Morgan fingerprint density at radius 2 is 1.33 bits per heavy atom. The number of halogens is 1. The molecular weight excluding hydrogens is 559 g/mol. The molecule has 0 atom stereocenters. The van der Waals surface area contributed by atoms with Crippen molar-refractivity contribution in [2.24, 2.45) is 7.05 Å². The minimum atomic E-state index is -0.312. The number of fused-ring (bicyclic) bond motifs is 4. The second kappa shape index (κ2) is 10.1. The predicted molar refractivity (Wildman–Crippen MR) is 139 cm³/mol. The molecule has 0 unspecified atom stereocenters. The van der Waals surface area contributed by atoms with Gasteiger partial charge in [-0.05, 0) is 29.3 Å². The third-order valence-electron chi connectivity index (χ3n) is 6.65. The Balaban J connectivity index is 0.00000267. The van der Waals surface area contributed by atoms with E-state index in [9.17, 15) is 4.79 Å². The summed E-state index contributed by atoms with van der Waals surface area (Å²) in [6, 6.07) is 36.6. The van der Waals surface area contributed by atoms with E-state index in [2.05, 4.69) is 58.6 Å². The van der Waals surface area contributed by atoms with Gasteiger partial charge in [-0.2, -0.15) is 4.57 Å². The van der Waals surface area contributed by atoms with Crippen molar-refractivity contribution in [1.29, 1.82) is 0 Å². The van der Waals surface area contributed by atoms with E-state index in [1.165, 1.54) is 5.56 Å². The molecule has 0 spiro atoms. The van der Waals surface area contributed by atoms with Gasteiger partial charge in [0.1, 0.15) is 24.7 Å². The molecule has 4 aromatic carbocycles. The van der Waals surface area contributed by atoms with Gasteiger partial charge in [0.15, 0.2) is 0 Å². The molecule has 6 rings (SSSR count). The van der Waals surface area contributed by atoms with E-state index >= 15 is 0 Å². The average molecular weight is 584 g/mol. The number of pyridine rings is 1. The molecule has 0 saturated heterocycles. The third kappa shape index (κ3) is 4.13. The number of ether oxygens (including phenoxy) is 1. The van der Waals surface area contributed by atoms with Crippen molar-refractivity contribution in [1.82, 2.24) is 4.57 Å². The smallest absolute Gasteiger partial charge is 0.341 e. The number of carbonyl (C=O) groups excluding carboxylic acids is 1. The Labute approximate surface area is 226 Å². The minimum absolute atomic E-state index is 0. The number of rotatable bonds is 5. The summed E-state index contributed by atoms with van der Waals surface area (Å²) in [5, 5.41) is 2.00. The zero-order valence-corrected chi connectivity index (χ0v) is 22.1. The Morgan fingerprint density at radius 3 is 2.06 bits per heavy atom. The zero-order chi connectivity index (χ0) is 23.8. The highest BCUT2D eigenvalue weighted by atomic mass is 127. The molecule has 0 radical (unpaired) electrons. The highest BCUT2D eigenvalue weighted by Gasteiger charge is 2.29. The summed E-state index contributed by atoms with van der Waals surface area (Å²) in [5.74, 6) is -0.312. The molecule has 0 aliphatic heterocycles. The summed E-state index contributed by atoms with van der Waals surface area (Å²) in [6.07, 6.45) is 0. The predicted octanol–water partition coefficient (Wildman–Crippen LogP) is 3.18. The van der Waals surface area contributed by atoms with Crippen molar-refractivity contribution >= 4 is 38.8 Å². The lowest BCUT2D eigenvalue weighted by Crippen LogP contribution is -3.00. The molecule has 0 aliphatic rings. The van der Waals surface area contributed by atoms with Crippen LogP contribution in [0.5, 0.6) is 0 Å². The quantitative estimate of drug-likeness (QED) is 0.177. The van der Waals surface area contributed by atoms with Gasteiger partial charge in [0.25, 0.3) is 0 Å². The van der Waals surface area contributed by atoms with Crippen LogP contribution in [0.15, 0.2) is 109 Å². The number of benzene rings is 4. The molecule has 0 bridgehead atoms. The molecule has 0 N–H and O–H groups in total. The molecule has 36 heavy (non-hydrogen) atoms. The monoisotopic (exact) mass is 584 g/mol. The van der Waals surface area contributed by atoms with E-state index in [1.807, 2.05) is 66.7 Å². The first kappa shape index (κ1) is 24.0. The highest BCUT2D eigenvalue weighted by molar-refractivity contribution is 6.17. The highest BCUT2D eigenvalue weighted by Crippen LogP contribution is 2.34. The van der Waals surface area contributed by atoms with Gasteiger partial charge in [-0.25, -0.2) is 4.79 Å². The number of hydrogen-bond donors (Lipinski definition) is 0. The van der Waals surface area contributed by atoms with Crippen molar-refractivity contribution in [3.8, 4) is 0 Å². The number of nitrogens with zero attached hydrogens (tertiary/aromatic N) is 2. The lowest BCUT2D eigenvalue weighted by Gasteiger charge is -2.12. The fraction of sp³-hybridized carbons (Fsp3) is 0.0968. The number of esters is 1. The summed E-state index contributed by atoms with van der Waals surface area (Å²) in [6.45, 7) is 0.886. The molecule has 2 aromatic heterocycles. The van der Waals surface area contributed by atoms with E-state index in [0.29, 0.717) is 12.1 Å². The average Bonchev–Trinajstić information content (AvgIpc) is 3.23. The summed E-state index contributed by atoms with van der Waals surface area (Å²) in [5.41, 5.74) is 6.76. The summed E-state index contributed by atoms with van der Waals surface area (Å²) in [7, 11) is 2.07. The van der Waals surface area contributed by atoms with E-state index in [4.69, 9.17) is 4.74 Å². The fourth-order valence-corrected chi connectivity index (χ4v) is 5.04. The maximum Gasteiger partial charge on any atom is 0.341 e. The van der Waals surface area contributed by atoms with Crippen LogP contribution in [-0.4, -0.2) is 10.5 Å². The van der Waals surface area contributed by atoms with Crippen LogP contribution in [0.3, 0.4) is 0 Å². The van der Waals surface area contributed by atoms with Crippen molar-refractivity contribution in [3.63, 3.8) is 0 Å². The van der Waals surface area contributed by atoms with Crippen LogP contribution in [-0.2, 0) is 24.9 Å². The third-order valence-corrected chi connectivity index (χ3v) is 6.65. The van der Waals surface area contributed by atoms with E-state index in [0.717, 1.165) is 38.4 Å². The molecule has 5 heteroatoms. The van der Waals surface area contributed by atoms with Crippen molar-refractivity contribution in [2.45, 2.75) is 13.2 Å². The maximum absolute atomic E-state index is 13.8. The normalized spacial score (nSPS) is 11.0. The molecule has 2 heterocycles. The van der Waals surface area contributed by atoms with Gasteiger partial charge < -0.3 is 33.3 Å². The SMILES string of the molecule is C[n+]1c2ccccc2c(C(=O)OCc2ccccc2)c2c1c1ccccc1n2Cc1ccccc1.[I-]. The van der Waals surface area contributed by atoms with Crippen molar-refractivity contribution < 1.29 is 38.1 Å². The lowest BCUT2D eigenvalue weighted by molar-refractivity contribution is -0.616. The van der Waals surface area contributed by atoms with Crippen LogP contribution >= 0.6 is 0 Å². The van der Waals surface area contributed by atoms with Gasteiger partial charge in [0, 0.05) is 12.6 Å². The van der Waals surface area contributed by atoms with E-state index in [1.54, 1.807) is 0 Å². The van der Waals surface area contributed by atoms with Crippen LogP contribution in [0, 0.1) is 0 Å². The van der Waals surface area contributed by atoms with Crippen LogP contribution in [0.4, 0.5) is 0 Å². The molecule has 0 aliphatic carbocycles. The lowest BCUT2D eigenvalue weighted by atomic mass is 10.1. The number of aryl methyl sites for hydroxylation is 1. The van der Waals surface area contributed by atoms with E-state index < -0.39 is 0 Å². The van der Waals surface area contributed by atoms with Crippen molar-refractivity contribution in [2.75, 3.05) is 0 Å². The van der Waals surface area contributed by atoms with Crippen LogP contribution in [0.2, 0.25) is 0 Å². The first-order valence-electron chi connectivity index (χ1n) is 11.8. The Hall–Kier alpha value is -3.71. The molecule has 4 nitrogen and oxygen atoms in total. The topological polar surface area (TPSA) is 35.1 Å². The van der Waals surface area contributed by atoms with Crippen LogP contribution in [0.25, 0.3) is 32.8 Å². The van der Waals surface area contributed by atoms with Gasteiger partial charge in [0.05, 0.1) is 16.3 Å². The Morgan fingerprint density at radius 1 is 0.750 bits per heavy atom. The molecule has 178 valence electrons. The number of carbonyl (C=O) groups is 1. The van der Waals surface area contributed by atoms with Crippen molar-refractivity contribution in [3.05, 3.63) is 126 Å². The Bertz CT molecular complexity index is 1690. The zero-order valence-electron chi connectivity index (χ0n) is 19.9. The molecular formula is C31H25IN2O2. The molecule has 0 fully saturated rings. The second-order valence-electron chi connectivity index (χ2n) is 8.80.